The van der Waals surface area contributed by atoms with Crippen molar-refractivity contribution >= 4 is 17.3 Å². The van der Waals surface area contributed by atoms with Crippen molar-refractivity contribution < 1.29 is 9.18 Å². The zero-order valence-electron chi connectivity index (χ0n) is 10.8. The van der Waals surface area contributed by atoms with E-state index in [9.17, 15) is 9.18 Å². The van der Waals surface area contributed by atoms with E-state index in [0.717, 1.165) is 11.1 Å². The second kappa shape index (κ2) is 5.10. The molecule has 0 fully saturated rings. The van der Waals surface area contributed by atoms with Gasteiger partial charge in [-0.1, -0.05) is 12.1 Å². The first kappa shape index (κ1) is 13.1. The van der Waals surface area contributed by atoms with E-state index in [2.05, 4.69) is 5.32 Å². The third kappa shape index (κ3) is 2.91. The van der Waals surface area contributed by atoms with Crippen LogP contribution in [0.25, 0.3) is 0 Å². The fourth-order valence-electron chi connectivity index (χ4n) is 1.71. The Bertz CT molecular complexity index is 638. The lowest BCUT2D eigenvalue weighted by Crippen LogP contribution is -2.13. The highest BCUT2D eigenvalue weighted by Crippen LogP contribution is 2.18. The van der Waals surface area contributed by atoms with Crippen molar-refractivity contribution in [1.29, 1.82) is 0 Å². The molecule has 0 aliphatic heterocycles. The molecule has 0 aliphatic rings. The topological polar surface area (TPSA) is 55.1 Å². The fourth-order valence-corrected chi connectivity index (χ4v) is 1.71. The van der Waals surface area contributed by atoms with Gasteiger partial charge in [-0.15, -0.1) is 0 Å². The number of hydrogen-bond donors (Lipinski definition) is 2. The molecule has 3 N–H and O–H groups in total. The van der Waals surface area contributed by atoms with E-state index < -0.39 is 5.82 Å². The number of carbonyl (C=O) groups excluding carboxylic acids is 1. The van der Waals surface area contributed by atoms with Gasteiger partial charge in [0, 0.05) is 11.3 Å². The normalized spacial score (nSPS) is 10.3. The van der Waals surface area contributed by atoms with Crippen LogP contribution in [-0.2, 0) is 0 Å². The molecule has 0 unspecified atom stereocenters. The van der Waals surface area contributed by atoms with Gasteiger partial charge < -0.3 is 11.1 Å². The van der Waals surface area contributed by atoms with Crippen LogP contribution >= 0.6 is 0 Å². The van der Waals surface area contributed by atoms with Gasteiger partial charge in [0.15, 0.2) is 0 Å². The van der Waals surface area contributed by atoms with E-state index in [1.807, 2.05) is 13.8 Å². The summed E-state index contributed by atoms with van der Waals surface area (Å²) < 4.78 is 13.5. The molecule has 0 heterocycles. The largest absolute Gasteiger partial charge is 0.398 e. The Labute approximate surface area is 111 Å². The summed E-state index contributed by atoms with van der Waals surface area (Å²) in [4.78, 5) is 12.0. The summed E-state index contributed by atoms with van der Waals surface area (Å²) in [7, 11) is 0. The molecule has 0 aromatic heterocycles. The number of benzene rings is 2. The van der Waals surface area contributed by atoms with Crippen LogP contribution in [0.5, 0.6) is 0 Å². The number of halogens is 1. The van der Waals surface area contributed by atoms with Crippen LogP contribution in [-0.4, -0.2) is 5.91 Å². The first-order valence-corrected chi connectivity index (χ1v) is 5.91. The third-order valence-corrected chi connectivity index (χ3v) is 2.91. The molecule has 2 rings (SSSR count). The third-order valence-electron chi connectivity index (χ3n) is 2.91. The maximum absolute atomic E-state index is 13.5. The minimum atomic E-state index is -0.459. The number of hydrogen-bond acceptors (Lipinski definition) is 2. The Morgan fingerprint density at radius 2 is 1.89 bits per heavy atom. The standard InChI is InChI=1S/C15H15FN2O/c1-9-3-6-12(16)14(7-9)18-15(19)11-5-4-10(2)13(17)8-11/h3-8H,17H2,1-2H3,(H,18,19). The molecule has 0 spiro atoms. The lowest BCUT2D eigenvalue weighted by atomic mass is 10.1. The molecule has 19 heavy (non-hydrogen) atoms. The lowest BCUT2D eigenvalue weighted by molar-refractivity contribution is 0.102. The van der Waals surface area contributed by atoms with Crippen molar-refractivity contribution in [3.63, 3.8) is 0 Å². The summed E-state index contributed by atoms with van der Waals surface area (Å²) in [5.41, 5.74) is 8.64. The molecule has 2 aromatic rings. The van der Waals surface area contributed by atoms with E-state index in [1.54, 1.807) is 30.3 Å². The van der Waals surface area contributed by atoms with Gasteiger partial charge in [0.1, 0.15) is 5.82 Å². The Morgan fingerprint density at radius 3 is 2.58 bits per heavy atom. The minimum Gasteiger partial charge on any atom is -0.398 e. The molecule has 0 saturated carbocycles. The van der Waals surface area contributed by atoms with Gasteiger partial charge >= 0.3 is 0 Å². The summed E-state index contributed by atoms with van der Waals surface area (Å²) >= 11 is 0. The first-order valence-electron chi connectivity index (χ1n) is 5.91. The van der Waals surface area contributed by atoms with Crippen molar-refractivity contribution in [1.82, 2.24) is 0 Å². The molecule has 3 nitrogen and oxygen atoms in total. The van der Waals surface area contributed by atoms with E-state index >= 15 is 0 Å². The molecule has 98 valence electrons. The van der Waals surface area contributed by atoms with Crippen LogP contribution in [0.3, 0.4) is 0 Å². The molecule has 4 heteroatoms. The van der Waals surface area contributed by atoms with Gasteiger partial charge in [-0.05, 0) is 49.2 Å². The predicted molar refractivity (Wildman–Crippen MR) is 74.7 cm³/mol. The van der Waals surface area contributed by atoms with E-state index in [0.29, 0.717) is 11.3 Å². The van der Waals surface area contributed by atoms with Crippen molar-refractivity contribution in [3.8, 4) is 0 Å². The second-order valence-electron chi connectivity index (χ2n) is 4.51. The van der Waals surface area contributed by atoms with Crippen molar-refractivity contribution in [2.45, 2.75) is 13.8 Å². The van der Waals surface area contributed by atoms with Gasteiger partial charge in [0.2, 0.25) is 0 Å². The second-order valence-corrected chi connectivity index (χ2v) is 4.51. The number of amides is 1. The molecule has 0 saturated heterocycles. The van der Waals surface area contributed by atoms with Crippen LogP contribution < -0.4 is 11.1 Å². The fraction of sp³-hybridized carbons (Fsp3) is 0.133. The van der Waals surface area contributed by atoms with Crippen molar-refractivity contribution in [3.05, 3.63) is 58.9 Å². The quantitative estimate of drug-likeness (QED) is 0.812. The SMILES string of the molecule is Cc1ccc(F)c(NC(=O)c2ccc(C)c(N)c2)c1. The summed E-state index contributed by atoms with van der Waals surface area (Å²) in [6, 6.07) is 9.57. The number of carbonyl (C=O) groups is 1. The van der Waals surface area contributed by atoms with Gasteiger partial charge in [-0.25, -0.2) is 4.39 Å². The molecule has 2 aromatic carbocycles. The van der Waals surface area contributed by atoms with E-state index in [1.165, 1.54) is 6.07 Å². The Balaban J connectivity index is 2.25. The molecular formula is C15H15FN2O. The predicted octanol–water partition coefficient (Wildman–Crippen LogP) is 3.28. The van der Waals surface area contributed by atoms with Gasteiger partial charge in [0.25, 0.3) is 5.91 Å². The highest BCUT2D eigenvalue weighted by atomic mass is 19.1. The van der Waals surface area contributed by atoms with Crippen LogP contribution in [0, 0.1) is 19.7 Å². The van der Waals surface area contributed by atoms with Crippen molar-refractivity contribution in [2.24, 2.45) is 0 Å². The number of nitrogens with one attached hydrogen (secondary N) is 1. The summed E-state index contributed by atoms with van der Waals surface area (Å²) in [5.74, 6) is -0.838. The van der Waals surface area contributed by atoms with Gasteiger partial charge in [-0.2, -0.15) is 0 Å². The zero-order chi connectivity index (χ0) is 14.0. The Hall–Kier alpha value is -2.36. The van der Waals surface area contributed by atoms with Crippen LogP contribution in [0.4, 0.5) is 15.8 Å². The number of nitrogen functional groups attached to an aromatic ring is 1. The maximum atomic E-state index is 13.5. The number of anilines is 2. The summed E-state index contributed by atoms with van der Waals surface area (Å²) in [6.45, 7) is 3.69. The van der Waals surface area contributed by atoms with Crippen LogP contribution in [0.1, 0.15) is 21.5 Å². The van der Waals surface area contributed by atoms with Crippen LogP contribution in [0.2, 0.25) is 0 Å². The van der Waals surface area contributed by atoms with Crippen molar-refractivity contribution in [2.75, 3.05) is 11.1 Å². The average molecular weight is 258 g/mol. The first-order chi connectivity index (χ1) is 8.97. The monoisotopic (exact) mass is 258 g/mol. The highest BCUT2D eigenvalue weighted by Gasteiger charge is 2.10. The van der Waals surface area contributed by atoms with Gasteiger partial charge in [-0.3, -0.25) is 4.79 Å². The van der Waals surface area contributed by atoms with E-state index in [4.69, 9.17) is 5.73 Å². The lowest BCUT2D eigenvalue weighted by Gasteiger charge is -2.08. The molecule has 1 amide bonds. The molecule has 0 aliphatic carbocycles. The minimum absolute atomic E-state index is 0.171. The summed E-state index contributed by atoms with van der Waals surface area (Å²) in [5, 5.41) is 2.54. The molecular weight excluding hydrogens is 243 g/mol. The Kier molecular flexibility index (Phi) is 3.51. The molecule has 0 radical (unpaired) electrons. The summed E-state index contributed by atoms with van der Waals surface area (Å²) in [6.07, 6.45) is 0. The van der Waals surface area contributed by atoms with E-state index in [-0.39, 0.29) is 11.6 Å². The zero-order valence-corrected chi connectivity index (χ0v) is 10.8. The number of nitrogens with two attached hydrogens (primary N) is 1. The maximum Gasteiger partial charge on any atom is 0.255 e. The van der Waals surface area contributed by atoms with Crippen LogP contribution in [0.15, 0.2) is 36.4 Å². The Morgan fingerprint density at radius 1 is 1.16 bits per heavy atom. The molecule has 0 bridgehead atoms. The highest BCUT2D eigenvalue weighted by molar-refractivity contribution is 6.05. The number of rotatable bonds is 2. The van der Waals surface area contributed by atoms with Gasteiger partial charge in [0.05, 0.1) is 5.69 Å². The molecule has 0 atom stereocenters. The average Bonchev–Trinajstić information content (AvgIpc) is 2.37. The number of aryl methyl sites for hydroxylation is 2. The smallest absolute Gasteiger partial charge is 0.255 e.